The highest BCUT2D eigenvalue weighted by Crippen LogP contribution is 2.47. The van der Waals surface area contributed by atoms with Crippen molar-refractivity contribution in [3.05, 3.63) is 28.0 Å². The van der Waals surface area contributed by atoms with Crippen LogP contribution in [0.5, 0.6) is 0 Å². The van der Waals surface area contributed by atoms with Gasteiger partial charge in [0.25, 0.3) is 0 Å². The predicted octanol–water partition coefficient (Wildman–Crippen LogP) is 4.38. The fourth-order valence-corrected chi connectivity index (χ4v) is 4.67. The molecule has 2 N–H and O–H groups in total. The average molecular weight is 371 g/mol. The van der Waals surface area contributed by atoms with E-state index in [9.17, 15) is 4.39 Å². The summed E-state index contributed by atoms with van der Waals surface area (Å²) >= 11 is 8.23. The lowest BCUT2D eigenvalue weighted by Crippen LogP contribution is -2.39. The summed E-state index contributed by atoms with van der Waals surface area (Å²) in [5.74, 6) is -0.248. The van der Waals surface area contributed by atoms with Crippen molar-refractivity contribution in [2.24, 2.45) is 11.1 Å². The number of halogens is 2. The largest absolute Gasteiger partial charge is 0.389 e. The van der Waals surface area contributed by atoms with Gasteiger partial charge in [0.1, 0.15) is 4.99 Å². The van der Waals surface area contributed by atoms with Gasteiger partial charge in [0.2, 0.25) is 0 Å². The summed E-state index contributed by atoms with van der Waals surface area (Å²) in [4.78, 5) is 2.38. The van der Waals surface area contributed by atoms with Crippen LogP contribution in [0.15, 0.2) is 16.6 Å². The molecule has 0 atom stereocenters. The minimum Gasteiger partial charge on any atom is -0.389 e. The fraction of sp³-hybridized carbons (Fsp3) is 0.562. The summed E-state index contributed by atoms with van der Waals surface area (Å²) in [5, 5.41) is 0. The molecule has 1 heterocycles. The van der Waals surface area contributed by atoms with Crippen LogP contribution in [0.4, 0.5) is 10.1 Å². The van der Waals surface area contributed by atoms with Gasteiger partial charge in [-0.1, -0.05) is 25.1 Å². The third-order valence-corrected chi connectivity index (χ3v) is 6.15. The molecule has 0 bridgehead atoms. The first-order chi connectivity index (χ1) is 10.0. The van der Waals surface area contributed by atoms with Gasteiger partial charge in [0.05, 0.1) is 10.2 Å². The van der Waals surface area contributed by atoms with Gasteiger partial charge < -0.3 is 10.6 Å². The Hall–Kier alpha value is -0.680. The zero-order valence-corrected chi connectivity index (χ0v) is 14.4. The van der Waals surface area contributed by atoms with Crippen LogP contribution >= 0.6 is 28.1 Å². The molecule has 1 aliphatic carbocycles. The zero-order chi connectivity index (χ0) is 15.0. The lowest BCUT2D eigenvalue weighted by Gasteiger charge is -2.40. The molecule has 1 aromatic carbocycles. The van der Waals surface area contributed by atoms with E-state index in [1.54, 1.807) is 6.07 Å². The predicted molar refractivity (Wildman–Crippen MR) is 92.3 cm³/mol. The fourth-order valence-electron chi connectivity index (χ4n) is 3.82. The molecule has 0 unspecified atom stereocenters. The van der Waals surface area contributed by atoms with E-state index in [1.807, 2.05) is 6.07 Å². The maximum Gasteiger partial charge on any atom is 0.161 e. The molecular formula is C16H20BrFN2S. The molecule has 1 saturated carbocycles. The second-order valence-electron chi connectivity index (χ2n) is 6.32. The monoisotopic (exact) mass is 370 g/mol. The van der Waals surface area contributed by atoms with Gasteiger partial charge in [-0.2, -0.15) is 0 Å². The molecule has 0 radical (unpaired) electrons. The highest BCUT2D eigenvalue weighted by atomic mass is 79.9. The van der Waals surface area contributed by atoms with E-state index in [4.69, 9.17) is 18.0 Å². The molecule has 5 heteroatoms. The Kier molecular flexibility index (Phi) is 4.23. The molecule has 114 valence electrons. The lowest BCUT2D eigenvalue weighted by molar-refractivity contribution is 0.226. The second-order valence-corrected chi connectivity index (χ2v) is 7.55. The van der Waals surface area contributed by atoms with Gasteiger partial charge in [-0.25, -0.2) is 4.39 Å². The Morgan fingerprint density at radius 3 is 2.38 bits per heavy atom. The minimum atomic E-state index is -0.248. The summed E-state index contributed by atoms with van der Waals surface area (Å²) in [7, 11) is 0. The van der Waals surface area contributed by atoms with E-state index >= 15 is 0 Å². The Morgan fingerprint density at radius 2 is 1.81 bits per heavy atom. The number of hydrogen-bond donors (Lipinski definition) is 1. The average Bonchev–Trinajstić information content (AvgIpc) is 2.91. The topological polar surface area (TPSA) is 29.3 Å². The Balaban J connectivity index is 1.79. The Bertz CT molecular complexity index is 560. The number of rotatable bonds is 2. The van der Waals surface area contributed by atoms with Crippen LogP contribution in [-0.4, -0.2) is 18.1 Å². The van der Waals surface area contributed by atoms with Crippen molar-refractivity contribution < 1.29 is 4.39 Å². The Morgan fingerprint density at radius 1 is 1.19 bits per heavy atom. The summed E-state index contributed by atoms with van der Waals surface area (Å²) in [6.45, 7) is 1.88. The minimum absolute atomic E-state index is 0.218. The first-order valence-electron chi connectivity index (χ1n) is 7.55. The molecule has 0 aromatic heterocycles. The lowest BCUT2D eigenvalue weighted by atomic mass is 9.77. The molecule has 2 aliphatic rings. The van der Waals surface area contributed by atoms with Crippen LogP contribution in [-0.2, 0) is 0 Å². The van der Waals surface area contributed by atoms with E-state index in [1.165, 1.54) is 38.5 Å². The first kappa shape index (κ1) is 15.2. The molecule has 0 amide bonds. The summed E-state index contributed by atoms with van der Waals surface area (Å²) in [5.41, 5.74) is 7.38. The summed E-state index contributed by atoms with van der Waals surface area (Å²) < 4.78 is 15.0. The van der Waals surface area contributed by atoms with Crippen LogP contribution in [0, 0.1) is 11.2 Å². The van der Waals surface area contributed by atoms with Gasteiger partial charge >= 0.3 is 0 Å². The van der Waals surface area contributed by atoms with Crippen molar-refractivity contribution in [3.63, 3.8) is 0 Å². The quantitative estimate of drug-likeness (QED) is 0.783. The van der Waals surface area contributed by atoms with Crippen LogP contribution in [0.1, 0.15) is 44.1 Å². The van der Waals surface area contributed by atoms with Crippen molar-refractivity contribution in [2.75, 3.05) is 18.0 Å². The third-order valence-electron chi connectivity index (χ3n) is 5.16. The molecule has 3 rings (SSSR count). The Labute approximate surface area is 139 Å². The standard InChI is InChI=1S/C16H20BrFN2S/c17-13-11(15(19)21)3-4-12(14(13)18)20-9-7-16(8-10-20)5-1-2-6-16/h3-4H,1-2,5-10H2,(H2,19,21). The van der Waals surface area contributed by atoms with Crippen LogP contribution < -0.4 is 10.6 Å². The van der Waals surface area contributed by atoms with E-state index in [2.05, 4.69) is 20.8 Å². The normalized spacial score (nSPS) is 21.0. The molecule has 2 fully saturated rings. The number of thiocarbonyl (C=S) groups is 1. The van der Waals surface area contributed by atoms with Gasteiger partial charge in [-0.05, 0) is 59.2 Å². The van der Waals surface area contributed by atoms with Crippen molar-refractivity contribution in [1.82, 2.24) is 0 Å². The van der Waals surface area contributed by atoms with Crippen LogP contribution in [0.25, 0.3) is 0 Å². The second kappa shape index (κ2) is 5.84. The van der Waals surface area contributed by atoms with Crippen molar-refractivity contribution in [3.8, 4) is 0 Å². The molecule has 1 spiro atoms. The van der Waals surface area contributed by atoms with E-state index in [0.29, 0.717) is 21.1 Å². The molecular weight excluding hydrogens is 351 g/mol. The maximum absolute atomic E-state index is 14.6. The number of benzene rings is 1. The molecule has 1 aromatic rings. The van der Waals surface area contributed by atoms with E-state index < -0.39 is 0 Å². The summed E-state index contributed by atoms with van der Waals surface area (Å²) in [6, 6.07) is 3.62. The van der Waals surface area contributed by atoms with E-state index in [0.717, 1.165) is 13.1 Å². The van der Waals surface area contributed by atoms with Crippen LogP contribution in [0.3, 0.4) is 0 Å². The van der Waals surface area contributed by atoms with Crippen molar-refractivity contribution >= 4 is 38.8 Å². The van der Waals surface area contributed by atoms with Crippen LogP contribution in [0.2, 0.25) is 0 Å². The van der Waals surface area contributed by atoms with Crippen molar-refractivity contribution in [2.45, 2.75) is 38.5 Å². The highest BCUT2D eigenvalue weighted by Gasteiger charge is 2.37. The molecule has 1 saturated heterocycles. The smallest absolute Gasteiger partial charge is 0.161 e. The zero-order valence-electron chi connectivity index (χ0n) is 12.0. The number of hydrogen-bond acceptors (Lipinski definition) is 2. The SMILES string of the molecule is NC(=S)c1ccc(N2CCC3(CCCC3)CC2)c(F)c1Br. The van der Waals surface area contributed by atoms with Gasteiger partial charge in [0.15, 0.2) is 5.82 Å². The first-order valence-corrected chi connectivity index (χ1v) is 8.75. The van der Waals surface area contributed by atoms with E-state index in [-0.39, 0.29) is 10.8 Å². The number of nitrogens with two attached hydrogens (primary N) is 1. The molecule has 2 nitrogen and oxygen atoms in total. The van der Waals surface area contributed by atoms with Gasteiger partial charge in [-0.3, -0.25) is 0 Å². The third kappa shape index (κ3) is 2.82. The molecule has 21 heavy (non-hydrogen) atoms. The highest BCUT2D eigenvalue weighted by molar-refractivity contribution is 9.10. The maximum atomic E-state index is 14.6. The number of nitrogens with zero attached hydrogens (tertiary/aromatic N) is 1. The van der Waals surface area contributed by atoms with Gasteiger partial charge in [-0.15, -0.1) is 0 Å². The number of piperidine rings is 1. The van der Waals surface area contributed by atoms with Gasteiger partial charge in [0, 0.05) is 18.7 Å². The number of anilines is 1. The summed E-state index contributed by atoms with van der Waals surface area (Å²) in [6.07, 6.45) is 7.80. The van der Waals surface area contributed by atoms with Crippen molar-refractivity contribution in [1.29, 1.82) is 0 Å². The molecule has 1 aliphatic heterocycles.